The van der Waals surface area contributed by atoms with Gasteiger partial charge in [-0.05, 0) is 32.2 Å². The molecule has 76 valence electrons. The Morgan fingerprint density at radius 3 is 2.85 bits per heavy atom. The number of nitrogens with zero attached hydrogens (tertiary/aromatic N) is 1. The van der Waals surface area contributed by atoms with Crippen molar-refractivity contribution in [3.05, 3.63) is 0 Å². The fraction of sp³-hybridized carbons (Fsp3) is 1.00. The van der Waals surface area contributed by atoms with E-state index in [1.165, 1.54) is 44.5 Å². The van der Waals surface area contributed by atoms with Crippen LogP contribution in [0.4, 0.5) is 0 Å². The fourth-order valence-corrected chi connectivity index (χ4v) is 3.17. The third-order valence-electron chi connectivity index (χ3n) is 3.03. The molecule has 0 radical (unpaired) electrons. The molecule has 2 fully saturated rings. The van der Waals surface area contributed by atoms with Crippen molar-refractivity contribution in [1.82, 2.24) is 4.90 Å². The lowest BCUT2D eigenvalue weighted by atomic mass is 10.2. The molecule has 2 N–H and O–H groups in total. The maximum Gasteiger partial charge on any atom is 0.0219 e. The van der Waals surface area contributed by atoms with Crippen molar-refractivity contribution in [3.63, 3.8) is 0 Å². The summed E-state index contributed by atoms with van der Waals surface area (Å²) in [4.78, 5) is 2.58. The van der Waals surface area contributed by atoms with Gasteiger partial charge in [0.15, 0.2) is 0 Å². The second kappa shape index (κ2) is 4.67. The van der Waals surface area contributed by atoms with Gasteiger partial charge in [0.05, 0.1) is 0 Å². The quantitative estimate of drug-likeness (QED) is 0.725. The zero-order valence-corrected chi connectivity index (χ0v) is 9.06. The minimum absolute atomic E-state index is 0.694. The second-order valence-electron chi connectivity index (χ2n) is 4.14. The molecule has 2 rings (SSSR count). The molecule has 0 amide bonds. The minimum atomic E-state index is 0.694. The maximum atomic E-state index is 5.72. The highest BCUT2D eigenvalue weighted by molar-refractivity contribution is 8.00. The zero-order valence-electron chi connectivity index (χ0n) is 8.24. The van der Waals surface area contributed by atoms with Crippen LogP contribution in [-0.2, 0) is 0 Å². The standard InChI is InChI=1S/C10H20N2S/c11-8-9-2-1-5-12(9)6-7-13-10-3-4-10/h9-10H,1-8,11H2. The molecule has 1 atom stereocenters. The molecule has 3 heteroatoms. The van der Waals surface area contributed by atoms with E-state index in [4.69, 9.17) is 5.73 Å². The van der Waals surface area contributed by atoms with Gasteiger partial charge in [0, 0.05) is 30.1 Å². The van der Waals surface area contributed by atoms with Gasteiger partial charge in [-0.2, -0.15) is 11.8 Å². The molecule has 1 saturated carbocycles. The number of hydrogen-bond acceptors (Lipinski definition) is 3. The molecule has 1 saturated heterocycles. The van der Waals surface area contributed by atoms with Crippen LogP contribution in [0, 0.1) is 0 Å². The topological polar surface area (TPSA) is 29.3 Å². The van der Waals surface area contributed by atoms with Crippen LogP contribution >= 0.6 is 11.8 Å². The molecule has 1 unspecified atom stereocenters. The van der Waals surface area contributed by atoms with Crippen LogP contribution in [0.1, 0.15) is 25.7 Å². The van der Waals surface area contributed by atoms with Crippen LogP contribution in [0.2, 0.25) is 0 Å². The molecule has 1 aliphatic heterocycles. The Morgan fingerprint density at radius 2 is 2.15 bits per heavy atom. The third kappa shape index (κ3) is 2.86. The molecule has 2 aliphatic rings. The summed E-state index contributed by atoms with van der Waals surface area (Å²) in [5.74, 6) is 1.32. The predicted octanol–water partition coefficient (Wildman–Crippen LogP) is 1.31. The lowest BCUT2D eigenvalue weighted by Gasteiger charge is -2.22. The van der Waals surface area contributed by atoms with Gasteiger partial charge in [-0.15, -0.1) is 0 Å². The van der Waals surface area contributed by atoms with Gasteiger partial charge in [0.1, 0.15) is 0 Å². The van der Waals surface area contributed by atoms with Crippen molar-refractivity contribution in [2.75, 3.05) is 25.4 Å². The molecule has 0 bridgehead atoms. The van der Waals surface area contributed by atoms with Crippen molar-refractivity contribution >= 4 is 11.8 Å². The van der Waals surface area contributed by atoms with Gasteiger partial charge in [0.25, 0.3) is 0 Å². The largest absolute Gasteiger partial charge is 0.329 e. The Kier molecular flexibility index (Phi) is 3.52. The molecule has 1 aliphatic carbocycles. The van der Waals surface area contributed by atoms with Crippen LogP contribution in [0.15, 0.2) is 0 Å². The molecule has 1 heterocycles. The number of likely N-dealkylation sites (tertiary alicyclic amines) is 1. The average molecular weight is 200 g/mol. The van der Waals surface area contributed by atoms with E-state index in [1.54, 1.807) is 0 Å². The van der Waals surface area contributed by atoms with E-state index in [1.807, 2.05) is 0 Å². The van der Waals surface area contributed by atoms with Crippen LogP contribution < -0.4 is 5.73 Å². The Morgan fingerprint density at radius 1 is 1.31 bits per heavy atom. The summed E-state index contributed by atoms with van der Waals surface area (Å²) in [6.07, 6.45) is 5.61. The van der Waals surface area contributed by atoms with Gasteiger partial charge in [-0.3, -0.25) is 4.90 Å². The predicted molar refractivity (Wildman–Crippen MR) is 59.1 cm³/mol. The highest BCUT2D eigenvalue weighted by Crippen LogP contribution is 2.34. The summed E-state index contributed by atoms with van der Waals surface area (Å²) in [7, 11) is 0. The SMILES string of the molecule is NCC1CCCN1CCSC1CC1. The number of thioether (sulfide) groups is 1. The van der Waals surface area contributed by atoms with Crippen LogP contribution in [0.25, 0.3) is 0 Å². The van der Waals surface area contributed by atoms with Gasteiger partial charge in [-0.25, -0.2) is 0 Å². The fourth-order valence-electron chi connectivity index (χ4n) is 2.03. The summed E-state index contributed by atoms with van der Waals surface area (Å²) < 4.78 is 0. The Balaban J connectivity index is 1.61. The second-order valence-corrected chi connectivity index (χ2v) is 5.55. The van der Waals surface area contributed by atoms with E-state index in [9.17, 15) is 0 Å². The maximum absolute atomic E-state index is 5.72. The summed E-state index contributed by atoms with van der Waals surface area (Å²) in [5, 5.41) is 1.01. The van der Waals surface area contributed by atoms with Crippen molar-refractivity contribution < 1.29 is 0 Å². The monoisotopic (exact) mass is 200 g/mol. The first-order valence-corrected chi connectivity index (χ1v) is 6.51. The third-order valence-corrected chi connectivity index (χ3v) is 4.39. The Hall–Kier alpha value is 0.270. The molecular weight excluding hydrogens is 180 g/mol. The molecular formula is C10H20N2S. The average Bonchev–Trinajstić information content (AvgIpc) is 2.84. The smallest absolute Gasteiger partial charge is 0.0219 e. The van der Waals surface area contributed by atoms with Crippen LogP contribution in [0.5, 0.6) is 0 Å². The van der Waals surface area contributed by atoms with E-state index in [0.29, 0.717) is 6.04 Å². The van der Waals surface area contributed by atoms with E-state index < -0.39 is 0 Å². The summed E-state index contributed by atoms with van der Waals surface area (Å²) in [6, 6.07) is 0.694. The van der Waals surface area contributed by atoms with E-state index in [2.05, 4.69) is 16.7 Å². The van der Waals surface area contributed by atoms with E-state index in [0.717, 1.165) is 11.8 Å². The van der Waals surface area contributed by atoms with Crippen molar-refractivity contribution in [1.29, 1.82) is 0 Å². The zero-order chi connectivity index (χ0) is 9.10. The first-order valence-electron chi connectivity index (χ1n) is 5.46. The lowest BCUT2D eigenvalue weighted by Crippen LogP contribution is -2.36. The first-order chi connectivity index (χ1) is 6.40. The highest BCUT2D eigenvalue weighted by atomic mass is 32.2. The van der Waals surface area contributed by atoms with Gasteiger partial charge < -0.3 is 5.73 Å². The van der Waals surface area contributed by atoms with Crippen LogP contribution in [0.3, 0.4) is 0 Å². The molecule has 0 spiro atoms. The number of rotatable bonds is 5. The molecule has 0 aromatic heterocycles. The van der Waals surface area contributed by atoms with Crippen LogP contribution in [-0.4, -0.2) is 41.6 Å². The van der Waals surface area contributed by atoms with Crippen molar-refractivity contribution in [2.45, 2.75) is 37.0 Å². The molecule has 0 aromatic rings. The highest BCUT2D eigenvalue weighted by Gasteiger charge is 2.25. The van der Waals surface area contributed by atoms with E-state index >= 15 is 0 Å². The van der Waals surface area contributed by atoms with Gasteiger partial charge in [-0.1, -0.05) is 0 Å². The molecule has 13 heavy (non-hydrogen) atoms. The molecule has 2 nitrogen and oxygen atoms in total. The summed E-state index contributed by atoms with van der Waals surface area (Å²) >= 11 is 2.16. The van der Waals surface area contributed by atoms with Crippen molar-refractivity contribution in [2.24, 2.45) is 5.73 Å². The number of nitrogens with two attached hydrogens (primary N) is 1. The lowest BCUT2D eigenvalue weighted by molar-refractivity contribution is 0.275. The van der Waals surface area contributed by atoms with Crippen molar-refractivity contribution in [3.8, 4) is 0 Å². The minimum Gasteiger partial charge on any atom is -0.329 e. The normalized spacial score (nSPS) is 29.8. The Bertz CT molecular complexity index is 159. The first kappa shape index (κ1) is 9.81. The molecule has 0 aromatic carbocycles. The van der Waals surface area contributed by atoms with Gasteiger partial charge in [0.2, 0.25) is 0 Å². The summed E-state index contributed by atoms with van der Waals surface area (Å²) in [5.41, 5.74) is 5.72. The van der Waals surface area contributed by atoms with Gasteiger partial charge >= 0.3 is 0 Å². The summed E-state index contributed by atoms with van der Waals surface area (Å²) in [6.45, 7) is 3.41. The Labute approximate surface area is 85.2 Å². The van der Waals surface area contributed by atoms with E-state index in [-0.39, 0.29) is 0 Å². The number of hydrogen-bond donors (Lipinski definition) is 1.